The van der Waals surface area contributed by atoms with Crippen molar-refractivity contribution in [2.24, 2.45) is 5.92 Å². The molecule has 1 heterocycles. The van der Waals surface area contributed by atoms with Crippen LogP contribution in [0.5, 0.6) is 0 Å². The van der Waals surface area contributed by atoms with Crippen molar-refractivity contribution in [2.75, 3.05) is 6.54 Å². The van der Waals surface area contributed by atoms with Crippen molar-refractivity contribution in [3.05, 3.63) is 52.8 Å². The number of rotatable bonds is 6. The molecule has 20 heavy (non-hydrogen) atoms. The van der Waals surface area contributed by atoms with Crippen molar-refractivity contribution in [2.45, 2.75) is 26.9 Å². The zero-order valence-electron chi connectivity index (χ0n) is 11.7. The summed E-state index contributed by atoms with van der Waals surface area (Å²) in [5.41, 5.74) is 1.87. The molecule has 0 aliphatic heterocycles. The molecule has 5 heteroatoms. The molecule has 0 fully saturated rings. The molecule has 108 valence electrons. The first-order chi connectivity index (χ1) is 9.54. The summed E-state index contributed by atoms with van der Waals surface area (Å²) in [5, 5.41) is 3.79. The molecule has 0 amide bonds. The summed E-state index contributed by atoms with van der Waals surface area (Å²) in [4.78, 5) is 4.34. The quantitative estimate of drug-likeness (QED) is 0.884. The number of imidazole rings is 1. The van der Waals surface area contributed by atoms with E-state index in [-0.39, 0.29) is 5.82 Å². The Bertz CT molecular complexity index is 566. The molecule has 0 aliphatic carbocycles. The lowest BCUT2D eigenvalue weighted by Crippen LogP contribution is -2.19. The summed E-state index contributed by atoms with van der Waals surface area (Å²) in [6.45, 7) is 6.65. The average molecular weight is 296 g/mol. The molecule has 0 saturated heterocycles. The first-order valence-electron chi connectivity index (χ1n) is 6.70. The first kappa shape index (κ1) is 15.0. The van der Waals surface area contributed by atoms with Crippen molar-refractivity contribution >= 4 is 11.6 Å². The number of nitrogens with one attached hydrogen (secondary N) is 1. The predicted molar refractivity (Wildman–Crippen MR) is 79.3 cm³/mol. The van der Waals surface area contributed by atoms with E-state index >= 15 is 0 Å². The van der Waals surface area contributed by atoms with Crippen molar-refractivity contribution in [3.63, 3.8) is 0 Å². The molecule has 0 radical (unpaired) electrons. The lowest BCUT2D eigenvalue weighted by molar-refractivity contribution is 0.548. The molecule has 0 atom stereocenters. The van der Waals surface area contributed by atoms with Gasteiger partial charge < -0.3 is 9.88 Å². The summed E-state index contributed by atoms with van der Waals surface area (Å²) in [5.74, 6) is 0.304. The third-order valence-electron chi connectivity index (χ3n) is 2.91. The Hall–Kier alpha value is -1.39. The van der Waals surface area contributed by atoms with Crippen LogP contribution in [0.4, 0.5) is 4.39 Å². The van der Waals surface area contributed by atoms with E-state index in [0.29, 0.717) is 17.5 Å². The Kier molecular flexibility index (Phi) is 5.15. The van der Waals surface area contributed by atoms with E-state index in [2.05, 4.69) is 24.1 Å². The predicted octanol–water partition coefficient (Wildman–Crippen LogP) is 3.47. The molecule has 0 aliphatic rings. The highest BCUT2D eigenvalue weighted by Gasteiger charge is 2.04. The monoisotopic (exact) mass is 295 g/mol. The number of aromatic nitrogens is 2. The minimum Gasteiger partial charge on any atom is -0.333 e. The van der Waals surface area contributed by atoms with Gasteiger partial charge in [-0.1, -0.05) is 31.5 Å². The van der Waals surface area contributed by atoms with Crippen LogP contribution in [0.25, 0.3) is 0 Å². The largest absolute Gasteiger partial charge is 0.333 e. The van der Waals surface area contributed by atoms with Crippen LogP contribution in [0.3, 0.4) is 0 Å². The second kappa shape index (κ2) is 6.86. The molecule has 2 aromatic rings. The van der Waals surface area contributed by atoms with Gasteiger partial charge in [0.25, 0.3) is 0 Å². The van der Waals surface area contributed by atoms with Gasteiger partial charge in [-0.05, 0) is 30.2 Å². The van der Waals surface area contributed by atoms with Gasteiger partial charge in [0, 0.05) is 24.3 Å². The van der Waals surface area contributed by atoms with E-state index < -0.39 is 0 Å². The maximum absolute atomic E-state index is 13.0. The fourth-order valence-electron chi connectivity index (χ4n) is 1.92. The van der Waals surface area contributed by atoms with Crippen molar-refractivity contribution in [3.8, 4) is 0 Å². The minimum absolute atomic E-state index is 0.317. The van der Waals surface area contributed by atoms with Crippen LogP contribution in [0.2, 0.25) is 5.02 Å². The Morgan fingerprint density at radius 2 is 2.20 bits per heavy atom. The molecule has 0 unspecified atom stereocenters. The maximum atomic E-state index is 13.0. The van der Waals surface area contributed by atoms with Crippen molar-refractivity contribution in [1.29, 1.82) is 0 Å². The SMILES string of the molecule is CC(C)CNCc1cn(Cc2ccc(F)cc2Cl)cn1. The average Bonchev–Trinajstić information content (AvgIpc) is 2.80. The van der Waals surface area contributed by atoms with Crippen LogP contribution >= 0.6 is 11.6 Å². The summed E-state index contributed by atoms with van der Waals surface area (Å²) < 4.78 is 14.9. The number of benzene rings is 1. The zero-order valence-corrected chi connectivity index (χ0v) is 12.5. The molecule has 0 bridgehead atoms. The molecular weight excluding hydrogens is 277 g/mol. The molecule has 3 nitrogen and oxygen atoms in total. The third-order valence-corrected chi connectivity index (χ3v) is 3.27. The van der Waals surface area contributed by atoms with Gasteiger partial charge >= 0.3 is 0 Å². The topological polar surface area (TPSA) is 29.9 Å². The van der Waals surface area contributed by atoms with Crippen LogP contribution in [-0.2, 0) is 13.1 Å². The summed E-state index contributed by atoms with van der Waals surface area (Å²) in [6, 6.07) is 4.45. The third kappa shape index (κ3) is 4.32. The summed E-state index contributed by atoms with van der Waals surface area (Å²) >= 11 is 6.02. The van der Waals surface area contributed by atoms with Crippen LogP contribution < -0.4 is 5.32 Å². The van der Waals surface area contributed by atoms with Gasteiger partial charge in [0.2, 0.25) is 0 Å². The molecule has 0 spiro atoms. The number of hydrogen-bond acceptors (Lipinski definition) is 2. The van der Waals surface area contributed by atoms with Crippen LogP contribution in [0, 0.1) is 11.7 Å². The van der Waals surface area contributed by atoms with Gasteiger partial charge in [-0.25, -0.2) is 9.37 Å². The Balaban J connectivity index is 1.95. The number of hydrogen-bond donors (Lipinski definition) is 1. The molecule has 1 aromatic heterocycles. The van der Waals surface area contributed by atoms with E-state index in [1.807, 2.05) is 10.8 Å². The second-order valence-corrected chi connectivity index (χ2v) is 5.71. The van der Waals surface area contributed by atoms with E-state index in [9.17, 15) is 4.39 Å². The molecule has 2 rings (SSSR count). The molecule has 0 saturated carbocycles. The number of nitrogens with zero attached hydrogens (tertiary/aromatic N) is 2. The number of halogens is 2. The van der Waals surface area contributed by atoms with Gasteiger partial charge in [0.1, 0.15) is 5.82 Å². The normalized spacial score (nSPS) is 11.2. The molecular formula is C15H19ClFN3. The van der Waals surface area contributed by atoms with E-state index in [4.69, 9.17) is 11.6 Å². The van der Waals surface area contributed by atoms with E-state index in [1.54, 1.807) is 12.4 Å². The lowest BCUT2D eigenvalue weighted by atomic mass is 10.2. The first-order valence-corrected chi connectivity index (χ1v) is 7.07. The van der Waals surface area contributed by atoms with E-state index in [0.717, 1.165) is 24.3 Å². The lowest BCUT2D eigenvalue weighted by Gasteiger charge is -2.06. The Labute approximate surface area is 123 Å². The second-order valence-electron chi connectivity index (χ2n) is 5.30. The fourth-order valence-corrected chi connectivity index (χ4v) is 2.15. The van der Waals surface area contributed by atoms with Gasteiger partial charge in [0.05, 0.1) is 12.0 Å². The van der Waals surface area contributed by atoms with Crippen molar-refractivity contribution < 1.29 is 4.39 Å². The van der Waals surface area contributed by atoms with Gasteiger partial charge in [-0.15, -0.1) is 0 Å². The highest BCUT2D eigenvalue weighted by Crippen LogP contribution is 2.18. The van der Waals surface area contributed by atoms with Gasteiger partial charge in [-0.2, -0.15) is 0 Å². The van der Waals surface area contributed by atoms with Crippen LogP contribution in [-0.4, -0.2) is 16.1 Å². The van der Waals surface area contributed by atoms with Gasteiger partial charge in [0.15, 0.2) is 0 Å². The standard InChI is InChI=1S/C15H19ClFN3/c1-11(2)6-18-7-14-9-20(10-19-14)8-12-3-4-13(17)5-15(12)16/h3-5,9-11,18H,6-8H2,1-2H3. The smallest absolute Gasteiger partial charge is 0.124 e. The van der Waals surface area contributed by atoms with Crippen molar-refractivity contribution in [1.82, 2.24) is 14.9 Å². The zero-order chi connectivity index (χ0) is 14.5. The van der Waals surface area contributed by atoms with Crippen LogP contribution in [0.1, 0.15) is 25.1 Å². The maximum Gasteiger partial charge on any atom is 0.124 e. The fraction of sp³-hybridized carbons (Fsp3) is 0.400. The Morgan fingerprint density at radius 1 is 1.40 bits per heavy atom. The van der Waals surface area contributed by atoms with Gasteiger partial charge in [-0.3, -0.25) is 0 Å². The highest BCUT2D eigenvalue weighted by molar-refractivity contribution is 6.31. The minimum atomic E-state index is -0.317. The molecule has 1 aromatic carbocycles. The highest BCUT2D eigenvalue weighted by atomic mass is 35.5. The summed E-state index contributed by atoms with van der Waals surface area (Å²) in [7, 11) is 0. The summed E-state index contributed by atoms with van der Waals surface area (Å²) in [6.07, 6.45) is 3.75. The van der Waals surface area contributed by atoms with Crippen LogP contribution in [0.15, 0.2) is 30.7 Å². The molecule has 1 N–H and O–H groups in total. The van der Waals surface area contributed by atoms with E-state index in [1.165, 1.54) is 12.1 Å². The Morgan fingerprint density at radius 3 is 2.90 bits per heavy atom.